The molecule has 1 fully saturated rings. The van der Waals surface area contributed by atoms with Crippen molar-refractivity contribution in [2.75, 3.05) is 19.9 Å². The second kappa shape index (κ2) is 3.51. The van der Waals surface area contributed by atoms with Gasteiger partial charge in [0.05, 0.1) is 6.61 Å². The summed E-state index contributed by atoms with van der Waals surface area (Å²) < 4.78 is 0. The summed E-state index contributed by atoms with van der Waals surface area (Å²) in [5.74, 6) is -0.831. The summed E-state index contributed by atoms with van der Waals surface area (Å²) in [6.07, 6.45) is 0. The number of aliphatic hydroxyl groups excluding tert-OH is 2. The maximum Gasteiger partial charge on any atom is 0.249 e. The second-order valence-corrected chi connectivity index (χ2v) is 2.48. The van der Waals surface area contributed by atoms with Crippen molar-refractivity contribution in [2.45, 2.75) is 6.04 Å². The van der Waals surface area contributed by atoms with E-state index in [-0.39, 0.29) is 12.5 Å². The molecule has 6 nitrogen and oxygen atoms in total. The summed E-state index contributed by atoms with van der Waals surface area (Å²) in [4.78, 5) is 22.9. The Hall–Kier alpha value is -1.14. The number of nitrogens with one attached hydrogen (secondary N) is 1. The van der Waals surface area contributed by atoms with Gasteiger partial charge < -0.3 is 20.4 Å². The second-order valence-electron chi connectivity index (χ2n) is 2.48. The highest BCUT2D eigenvalue weighted by molar-refractivity contribution is 5.94. The minimum absolute atomic E-state index is 0.147. The molecule has 0 saturated carbocycles. The van der Waals surface area contributed by atoms with Gasteiger partial charge in [-0.25, -0.2) is 0 Å². The van der Waals surface area contributed by atoms with Gasteiger partial charge >= 0.3 is 0 Å². The number of carbonyl (C=O) groups is 2. The molecule has 0 radical (unpaired) electrons. The molecule has 1 aliphatic heterocycles. The Morgan fingerprint density at radius 3 is 2.67 bits per heavy atom. The number of amides is 2. The third-order valence-electron chi connectivity index (χ3n) is 1.63. The minimum atomic E-state index is -0.904. The molecule has 2 amide bonds. The zero-order valence-corrected chi connectivity index (χ0v) is 6.36. The monoisotopic (exact) mass is 174 g/mol. The average molecular weight is 174 g/mol. The molecule has 6 heteroatoms. The van der Waals surface area contributed by atoms with Gasteiger partial charge in [-0.2, -0.15) is 0 Å². The van der Waals surface area contributed by atoms with Crippen molar-refractivity contribution in [3.63, 3.8) is 0 Å². The van der Waals surface area contributed by atoms with Crippen molar-refractivity contribution in [2.24, 2.45) is 0 Å². The van der Waals surface area contributed by atoms with Crippen LogP contribution in [0.5, 0.6) is 0 Å². The van der Waals surface area contributed by atoms with Gasteiger partial charge in [0.1, 0.15) is 19.3 Å². The molecule has 1 atom stereocenters. The summed E-state index contributed by atoms with van der Waals surface area (Å²) in [6, 6.07) is -0.904. The van der Waals surface area contributed by atoms with Crippen molar-refractivity contribution < 1.29 is 19.8 Å². The third kappa shape index (κ3) is 1.54. The average Bonchev–Trinajstić information content (AvgIpc) is 2.08. The van der Waals surface area contributed by atoms with Crippen LogP contribution in [0.25, 0.3) is 0 Å². The molecule has 1 heterocycles. The van der Waals surface area contributed by atoms with Gasteiger partial charge in [0.15, 0.2) is 0 Å². The van der Waals surface area contributed by atoms with Crippen LogP contribution in [0.1, 0.15) is 0 Å². The fraction of sp³-hybridized carbons (Fsp3) is 0.667. The lowest BCUT2D eigenvalue weighted by Crippen LogP contribution is -2.59. The largest absolute Gasteiger partial charge is 0.394 e. The Labute approximate surface area is 68.8 Å². The van der Waals surface area contributed by atoms with E-state index in [1.54, 1.807) is 0 Å². The van der Waals surface area contributed by atoms with E-state index in [1.165, 1.54) is 0 Å². The fourth-order valence-electron chi connectivity index (χ4n) is 1.02. The molecule has 68 valence electrons. The van der Waals surface area contributed by atoms with Crippen LogP contribution in [0.4, 0.5) is 0 Å². The van der Waals surface area contributed by atoms with E-state index in [4.69, 9.17) is 10.2 Å². The number of carbonyl (C=O) groups excluding carboxylic acids is 2. The first-order chi connectivity index (χ1) is 5.69. The third-order valence-corrected chi connectivity index (χ3v) is 1.63. The molecule has 0 bridgehead atoms. The fourth-order valence-corrected chi connectivity index (χ4v) is 1.02. The van der Waals surface area contributed by atoms with Crippen molar-refractivity contribution in [3.05, 3.63) is 0 Å². The predicted molar refractivity (Wildman–Crippen MR) is 37.8 cm³/mol. The Morgan fingerprint density at radius 1 is 1.50 bits per heavy atom. The highest BCUT2D eigenvalue weighted by Crippen LogP contribution is 2.00. The highest BCUT2D eigenvalue weighted by Gasteiger charge is 2.31. The summed E-state index contributed by atoms with van der Waals surface area (Å²) >= 11 is 0. The summed E-state index contributed by atoms with van der Waals surface area (Å²) in [7, 11) is 0. The SMILES string of the molecule is O=C1CN(CO)C(=O)C(CO)N1. The van der Waals surface area contributed by atoms with Crippen molar-refractivity contribution >= 4 is 11.8 Å². The van der Waals surface area contributed by atoms with Gasteiger partial charge in [0.25, 0.3) is 0 Å². The number of nitrogens with zero attached hydrogens (tertiary/aromatic N) is 1. The minimum Gasteiger partial charge on any atom is -0.394 e. The maximum absolute atomic E-state index is 11.1. The smallest absolute Gasteiger partial charge is 0.249 e. The molecule has 1 unspecified atom stereocenters. The van der Waals surface area contributed by atoms with Crippen molar-refractivity contribution in [1.29, 1.82) is 0 Å². The van der Waals surface area contributed by atoms with Crippen molar-refractivity contribution in [3.8, 4) is 0 Å². The first-order valence-corrected chi connectivity index (χ1v) is 3.49. The number of rotatable bonds is 2. The van der Waals surface area contributed by atoms with E-state index >= 15 is 0 Å². The first-order valence-electron chi connectivity index (χ1n) is 3.49. The summed E-state index contributed by atoms with van der Waals surface area (Å²) in [5.41, 5.74) is 0. The lowest BCUT2D eigenvalue weighted by Gasteiger charge is -2.29. The number of hydrogen-bond donors (Lipinski definition) is 3. The van der Waals surface area contributed by atoms with Crippen LogP contribution in [0.15, 0.2) is 0 Å². The Bertz CT molecular complexity index is 188. The van der Waals surface area contributed by atoms with Crippen LogP contribution in [-0.2, 0) is 9.59 Å². The topological polar surface area (TPSA) is 89.9 Å². The van der Waals surface area contributed by atoms with E-state index < -0.39 is 25.3 Å². The Morgan fingerprint density at radius 2 is 2.17 bits per heavy atom. The van der Waals surface area contributed by atoms with Crippen LogP contribution >= 0.6 is 0 Å². The number of aliphatic hydroxyl groups is 2. The van der Waals surface area contributed by atoms with Crippen LogP contribution < -0.4 is 5.32 Å². The summed E-state index contributed by atoms with van der Waals surface area (Å²) in [6.45, 7) is -1.09. The lowest BCUT2D eigenvalue weighted by atomic mass is 10.2. The zero-order chi connectivity index (χ0) is 9.14. The lowest BCUT2D eigenvalue weighted by molar-refractivity contribution is -0.149. The van der Waals surface area contributed by atoms with Gasteiger partial charge in [-0.1, -0.05) is 0 Å². The first kappa shape index (κ1) is 8.95. The molecule has 0 aliphatic carbocycles. The van der Waals surface area contributed by atoms with Gasteiger partial charge in [-0.05, 0) is 0 Å². The van der Waals surface area contributed by atoms with E-state index in [0.29, 0.717) is 0 Å². The predicted octanol–water partition coefficient (Wildman–Crippen LogP) is -2.74. The maximum atomic E-state index is 11.1. The molecule has 1 rings (SSSR count). The van der Waals surface area contributed by atoms with E-state index in [9.17, 15) is 9.59 Å². The van der Waals surface area contributed by atoms with Crippen LogP contribution in [-0.4, -0.2) is 52.9 Å². The van der Waals surface area contributed by atoms with Gasteiger partial charge in [-0.15, -0.1) is 0 Å². The Kier molecular flexibility index (Phi) is 2.61. The Balaban J connectivity index is 2.67. The standard InChI is InChI=1S/C6H10N2O4/c9-2-4-6(12)8(3-10)1-5(11)7-4/h4,9-10H,1-3H2,(H,7,11). The highest BCUT2D eigenvalue weighted by atomic mass is 16.3. The number of piperazine rings is 1. The van der Waals surface area contributed by atoms with Crippen LogP contribution in [0.2, 0.25) is 0 Å². The molecule has 0 spiro atoms. The summed E-state index contributed by atoms with van der Waals surface area (Å²) in [5, 5.41) is 19.6. The molecule has 0 aromatic heterocycles. The normalized spacial score (nSPS) is 24.2. The molecule has 1 saturated heterocycles. The van der Waals surface area contributed by atoms with E-state index in [0.717, 1.165) is 4.90 Å². The van der Waals surface area contributed by atoms with E-state index in [2.05, 4.69) is 5.32 Å². The van der Waals surface area contributed by atoms with Crippen LogP contribution in [0, 0.1) is 0 Å². The quantitative estimate of drug-likeness (QED) is 0.423. The molecule has 12 heavy (non-hydrogen) atoms. The molecule has 0 aromatic carbocycles. The molecule has 0 aromatic rings. The molecular weight excluding hydrogens is 164 g/mol. The van der Waals surface area contributed by atoms with Gasteiger partial charge in [0.2, 0.25) is 11.8 Å². The number of hydrogen-bond acceptors (Lipinski definition) is 4. The van der Waals surface area contributed by atoms with Crippen molar-refractivity contribution in [1.82, 2.24) is 10.2 Å². The van der Waals surface area contributed by atoms with Gasteiger partial charge in [0, 0.05) is 0 Å². The molecular formula is C6H10N2O4. The van der Waals surface area contributed by atoms with E-state index in [1.807, 2.05) is 0 Å². The molecule has 1 aliphatic rings. The zero-order valence-electron chi connectivity index (χ0n) is 6.36. The van der Waals surface area contributed by atoms with Crippen LogP contribution in [0.3, 0.4) is 0 Å². The van der Waals surface area contributed by atoms with Gasteiger partial charge in [-0.3, -0.25) is 9.59 Å². The molecule has 3 N–H and O–H groups in total.